The lowest BCUT2D eigenvalue weighted by Crippen LogP contribution is -2.36. The molecule has 0 aliphatic carbocycles. The van der Waals surface area contributed by atoms with Gasteiger partial charge in [0.05, 0.1) is 6.54 Å². The average molecular weight is 243 g/mol. The molecule has 5 nitrogen and oxygen atoms in total. The van der Waals surface area contributed by atoms with E-state index in [9.17, 15) is 9.59 Å². The van der Waals surface area contributed by atoms with Gasteiger partial charge in [-0.1, -0.05) is 13.8 Å². The highest BCUT2D eigenvalue weighted by Gasteiger charge is 2.04. The lowest BCUT2D eigenvalue weighted by Gasteiger charge is -2.10. The number of carbonyl (C=O) groups excluding carboxylic acids is 2. The second kappa shape index (κ2) is 8.98. The molecule has 0 aromatic carbocycles. The van der Waals surface area contributed by atoms with Crippen LogP contribution in [0.1, 0.15) is 26.7 Å². The van der Waals surface area contributed by atoms with Gasteiger partial charge in [0.15, 0.2) is 0 Å². The van der Waals surface area contributed by atoms with Crippen molar-refractivity contribution in [2.45, 2.75) is 26.7 Å². The second-order valence-corrected chi connectivity index (χ2v) is 4.77. The van der Waals surface area contributed by atoms with Crippen molar-refractivity contribution in [3.63, 3.8) is 0 Å². The van der Waals surface area contributed by atoms with E-state index in [0.29, 0.717) is 32.0 Å². The summed E-state index contributed by atoms with van der Waals surface area (Å²) in [5.74, 6) is 0.602. The smallest absolute Gasteiger partial charge is 0.233 e. The zero-order valence-electron chi connectivity index (χ0n) is 11.4. The van der Waals surface area contributed by atoms with E-state index in [2.05, 4.69) is 24.5 Å². The van der Waals surface area contributed by atoms with Crippen molar-refractivity contribution in [1.82, 2.24) is 15.5 Å². The molecule has 5 heteroatoms. The number of hydrogen-bond acceptors (Lipinski definition) is 3. The molecule has 0 atom stereocenters. The fourth-order valence-electron chi connectivity index (χ4n) is 1.17. The van der Waals surface area contributed by atoms with Crippen molar-refractivity contribution in [2.75, 3.05) is 33.7 Å². The van der Waals surface area contributed by atoms with Crippen molar-refractivity contribution in [3.8, 4) is 0 Å². The third-order valence-electron chi connectivity index (χ3n) is 2.24. The highest BCUT2D eigenvalue weighted by molar-refractivity contribution is 5.78. The molecule has 0 radical (unpaired) electrons. The van der Waals surface area contributed by atoms with Gasteiger partial charge in [-0.15, -0.1) is 0 Å². The molecule has 0 unspecified atom stereocenters. The first-order chi connectivity index (χ1) is 7.93. The predicted molar refractivity (Wildman–Crippen MR) is 68.6 cm³/mol. The molecular formula is C12H25N3O2. The van der Waals surface area contributed by atoms with Crippen LogP contribution in [-0.2, 0) is 9.59 Å². The predicted octanol–water partition coefficient (Wildman–Crippen LogP) is 0.217. The van der Waals surface area contributed by atoms with Crippen LogP contribution in [0.4, 0.5) is 0 Å². The van der Waals surface area contributed by atoms with E-state index >= 15 is 0 Å². The third kappa shape index (κ3) is 9.81. The van der Waals surface area contributed by atoms with Crippen LogP contribution in [0.5, 0.6) is 0 Å². The monoisotopic (exact) mass is 243 g/mol. The largest absolute Gasteiger partial charge is 0.355 e. The fraction of sp³-hybridized carbons (Fsp3) is 0.833. The van der Waals surface area contributed by atoms with Crippen LogP contribution in [0.15, 0.2) is 0 Å². The van der Waals surface area contributed by atoms with Crippen molar-refractivity contribution in [3.05, 3.63) is 0 Å². The molecular weight excluding hydrogens is 218 g/mol. The molecule has 0 saturated carbocycles. The zero-order chi connectivity index (χ0) is 13.3. The van der Waals surface area contributed by atoms with Crippen molar-refractivity contribution >= 4 is 11.8 Å². The topological polar surface area (TPSA) is 61.4 Å². The fourth-order valence-corrected chi connectivity index (χ4v) is 1.17. The molecule has 0 bridgehead atoms. The first kappa shape index (κ1) is 15.9. The van der Waals surface area contributed by atoms with Crippen LogP contribution in [0.2, 0.25) is 0 Å². The highest BCUT2D eigenvalue weighted by Crippen LogP contribution is 1.91. The van der Waals surface area contributed by atoms with Crippen molar-refractivity contribution in [1.29, 1.82) is 0 Å². The minimum atomic E-state index is 0.0117. The number of amides is 2. The molecule has 100 valence electrons. The molecule has 0 spiro atoms. The van der Waals surface area contributed by atoms with Gasteiger partial charge in [-0.3, -0.25) is 9.59 Å². The molecule has 0 fully saturated rings. The number of hydrogen-bond donors (Lipinski definition) is 2. The second-order valence-electron chi connectivity index (χ2n) is 4.77. The van der Waals surface area contributed by atoms with Gasteiger partial charge in [0.25, 0.3) is 0 Å². The summed E-state index contributed by atoms with van der Waals surface area (Å²) < 4.78 is 0. The van der Waals surface area contributed by atoms with E-state index in [1.165, 1.54) is 0 Å². The van der Waals surface area contributed by atoms with Crippen molar-refractivity contribution < 1.29 is 9.59 Å². The minimum Gasteiger partial charge on any atom is -0.355 e. The van der Waals surface area contributed by atoms with Crippen LogP contribution < -0.4 is 10.6 Å². The summed E-state index contributed by atoms with van der Waals surface area (Å²) in [5, 5.41) is 5.84. The van der Waals surface area contributed by atoms with Gasteiger partial charge >= 0.3 is 0 Å². The Kier molecular flexibility index (Phi) is 8.40. The normalized spacial score (nSPS) is 10.4. The number of nitrogens with one attached hydrogen (secondary N) is 2. The summed E-state index contributed by atoms with van der Waals surface area (Å²) >= 11 is 0. The maximum atomic E-state index is 11.3. The Balaban J connectivity index is 3.39. The zero-order valence-corrected chi connectivity index (χ0v) is 11.4. The summed E-state index contributed by atoms with van der Waals surface area (Å²) in [4.78, 5) is 24.1. The van der Waals surface area contributed by atoms with Crippen LogP contribution in [0, 0.1) is 5.92 Å². The standard InChI is InChI=1S/C12H25N3O2/c1-10(2)8-14-11(16)9-13-7-5-6-12(17)15(3)4/h10,13H,5-9H2,1-4H3,(H,14,16). The van der Waals surface area contributed by atoms with Gasteiger partial charge in [0, 0.05) is 27.1 Å². The third-order valence-corrected chi connectivity index (χ3v) is 2.24. The summed E-state index contributed by atoms with van der Waals surface area (Å²) in [7, 11) is 3.49. The van der Waals surface area contributed by atoms with Gasteiger partial charge in [-0.2, -0.15) is 0 Å². The lowest BCUT2D eigenvalue weighted by atomic mass is 10.2. The van der Waals surface area contributed by atoms with Crippen LogP contribution in [-0.4, -0.2) is 50.4 Å². The lowest BCUT2D eigenvalue weighted by molar-refractivity contribution is -0.128. The van der Waals surface area contributed by atoms with E-state index in [4.69, 9.17) is 0 Å². The molecule has 0 aliphatic rings. The molecule has 0 aliphatic heterocycles. The van der Waals surface area contributed by atoms with E-state index in [-0.39, 0.29) is 11.8 Å². The Hall–Kier alpha value is -1.10. The SMILES string of the molecule is CC(C)CNC(=O)CNCCCC(=O)N(C)C. The van der Waals surface area contributed by atoms with Crippen LogP contribution in [0.3, 0.4) is 0 Å². The Labute approximate surface area is 104 Å². The van der Waals surface area contributed by atoms with Crippen molar-refractivity contribution in [2.24, 2.45) is 5.92 Å². The van der Waals surface area contributed by atoms with Crippen LogP contribution >= 0.6 is 0 Å². The highest BCUT2D eigenvalue weighted by atomic mass is 16.2. The summed E-state index contributed by atoms with van der Waals surface area (Å²) in [6.45, 7) is 5.83. The first-order valence-corrected chi connectivity index (χ1v) is 6.11. The van der Waals surface area contributed by atoms with E-state index in [0.717, 1.165) is 6.42 Å². The maximum Gasteiger partial charge on any atom is 0.233 e. The summed E-state index contributed by atoms with van der Waals surface area (Å²) in [6.07, 6.45) is 1.28. The summed E-state index contributed by atoms with van der Waals surface area (Å²) in [6, 6.07) is 0. The number of nitrogens with zero attached hydrogens (tertiary/aromatic N) is 1. The number of carbonyl (C=O) groups is 2. The molecule has 2 amide bonds. The minimum absolute atomic E-state index is 0.0117. The molecule has 2 N–H and O–H groups in total. The van der Waals surface area contributed by atoms with Crippen LogP contribution in [0.25, 0.3) is 0 Å². The molecule has 0 saturated heterocycles. The Morgan fingerprint density at radius 3 is 2.41 bits per heavy atom. The van der Waals surface area contributed by atoms with E-state index in [1.54, 1.807) is 19.0 Å². The molecule has 0 aromatic rings. The molecule has 0 heterocycles. The quantitative estimate of drug-likeness (QED) is 0.599. The van der Waals surface area contributed by atoms with Gasteiger partial charge in [0.2, 0.25) is 11.8 Å². The maximum absolute atomic E-state index is 11.3. The average Bonchev–Trinajstić information content (AvgIpc) is 2.25. The van der Waals surface area contributed by atoms with Gasteiger partial charge in [-0.25, -0.2) is 0 Å². The summed E-state index contributed by atoms with van der Waals surface area (Å²) in [5.41, 5.74) is 0. The molecule has 0 aromatic heterocycles. The Morgan fingerprint density at radius 1 is 1.24 bits per heavy atom. The van der Waals surface area contributed by atoms with Gasteiger partial charge < -0.3 is 15.5 Å². The van der Waals surface area contributed by atoms with E-state index in [1.807, 2.05) is 0 Å². The molecule has 17 heavy (non-hydrogen) atoms. The Bertz CT molecular complexity index is 240. The molecule has 0 rings (SSSR count). The first-order valence-electron chi connectivity index (χ1n) is 6.11. The Morgan fingerprint density at radius 2 is 1.88 bits per heavy atom. The van der Waals surface area contributed by atoms with Gasteiger partial charge in [0.1, 0.15) is 0 Å². The van der Waals surface area contributed by atoms with E-state index < -0.39 is 0 Å². The number of rotatable bonds is 8. The van der Waals surface area contributed by atoms with Gasteiger partial charge in [-0.05, 0) is 18.9 Å².